The molecule has 2 saturated carbocycles. The predicted octanol–water partition coefficient (Wildman–Crippen LogP) is 2.57. The molecule has 3 heterocycles. The van der Waals surface area contributed by atoms with Gasteiger partial charge in [0.05, 0.1) is 17.9 Å². The fourth-order valence-corrected chi connectivity index (χ4v) is 4.51. The molecule has 2 aliphatic rings. The Bertz CT molecular complexity index is 1170. The van der Waals surface area contributed by atoms with Crippen molar-refractivity contribution in [2.45, 2.75) is 64.0 Å². The van der Waals surface area contributed by atoms with Crippen molar-refractivity contribution in [3.05, 3.63) is 23.8 Å². The van der Waals surface area contributed by atoms with Gasteiger partial charge in [-0.3, -0.25) is 14.6 Å². The Hall–Kier alpha value is -3.05. The first kappa shape index (κ1) is 22.7. The van der Waals surface area contributed by atoms with Crippen LogP contribution in [-0.4, -0.2) is 59.2 Å². The van der Waals surface area contributed by atoms with Crippen molar-refractivity contribution < 1.29 is 15.0 Å². The standard InChI is InChI=1S/C23H32N8O3/c1-23(2,34)20-17(11-31(30-20)15-7-5-14(12-32)6-8-15)26-21(33)19-18-16(28-29-19)10-25-22(27-18)24-9-13-3-4-13/h10-11,13-15,32,34H,3-9,12H2,1-2H3,(H,26,33)(H,28,29)(H,24,25,27). The van der Waals surface area contributed by atoms with Gasteiger partial charge in [-0.1, -0.05) is 0 Å². The van der Waals surface area contributed by atoms with Gasteiger partial charge < -0.3 is 20.8 Å². The number of aromatic nitrogens is 6. The van der Waals surface area contributed by atoms with Crippen molar-refractivity contribution in [2.75, 3.05) is 23.8 Å². The molecule has 0 aromatic carbocycles. The van der Waals surface area contributed by atoms with Gasteiger partial charge in [-0.2, -0.15) is 10.2 Å². The number of aliphatic hydroxyl groups excluding tert-OH is 1. The molecular formula is C23H32N8O3. The highest BCUT2D eigenvalue weighted by Crippen LogP contribution is 2.35. The molecule has 0 unspecified atom stereocenters. The maximum absolute atomic E-state index is 13.2. The molecular weight excluding hydrogens is 436 g/mol. The Balaban J connectivity index is 1.37. The molecule has 0 radical (unpaired) electrons. The van der Waals surface area contributed by atoms with Gasteiger partial charge in [-0.05, 0) is 64.2 Å². The number of carbonyl (C=O) groups excluding carboxylic acids is 1. The summed E-state index contributed by atoms with van der Waals surface area (Å²) >= 11 is 0. The molecule has 0 saturated heterocycles. The van der Waals surface area contributed by atoms with Crippen LogP contribution in [0, 0.1) is 11.8 Å². The van der Waals surface area contributed by atoms with Crippen molar-refractivity contribution in [1.29, 1.82) is 0 Å². The number of aliphatic hydroxyl groups is 2. The van der Waals surface area contributed by atoms with Gasteiger partial charge in [0.15, 0.2) is 5.69 Å². The Morgan fingerprint density at radius 2 is 1.94 bits per heavy atom. The summed E-state index contributed by atoms with van der Waals surface area (Å²) in [4.78, 5) is 22.0. The van der Waals surface area contributed by atoms with Crippen LogP contribution in [0.15, 0.2) is 12.4 Å². The molecule has 11 heteroatoms. The highest BCUT2D eigenvalue weighted by molar-refractivity contribution is 6.10. The molecule has 1 amide bonds. The zero-order chi connectivity index (χ0) is 23.9. The first-order valence-electron chi connectivity index (χ1n) is 12.0. The van der Waals surface area contributed by atoms with Gasteiger partial charge in [0.1, 0.15) is 22.3 Å². The molecule has 34 heavy (non-hydrogen) atoms. The maximum Gasteiger partial charge on any atom is 0.278 e. The summed E-state index contributed by atoms with van der Waals surface area (Å²) in [7, 11) is 0. The van der Waals surface area contributed by atoms with Crippen LogP contribution in [0.25, 0.3) is 11.0 Å². The van der Waals surface area contributed by atoms with Crippen molar-refractivity contribution in [3.8, 4) is 0 Å². The van der Waals surface area contributed by atoms with Gasteiger partial charge in [0, 0.05) is 19.3 Å². The highest BCUT2D eigenvalue weighted by Gasteiger charge is 2.30. The Kier molecular flexibility index (Phi) is 5.98. The highest BCUT2D eigenvalue weighted by atomic mass is 16.3. The topological polar surface area (TPSA) is 154 Å². The predicted molar refractivity (Wildman–Crippen MR) is 126 cm³/mol. The molecule has 11 nitrogen and oxygen atoms in total. The molecule has 3 aromatic heterocycles. The van der Waals surface area contributed by atoms with Crippen molar-refractivity contribution in [2.24, 2.45) is 11.8 Å². The van der Waals surface area contributed by atoms with E-state index in [2.05, 4.69) is 35.9 Å². The lowest BCUT2D eigenvalue weighted by atomic mass is 9.87. The maximum atomic E-state index is 13.2. The van der Waals surface area contributed by atoms with Gasteiger partial charge >= 0.3 is 0 Å². The largest absolute Gasteiger partial charge is 0.396 e. The summed E-state index contributed by atoms with van der Waals surface area (Å²) in [6.07, 6.45) is 9.47. The average molecular weight is 469 g/mol. The smallest absolute Gasteiger partial charge is 0.278 e. The van der Waals surface area contributed by atoms with Gasteiger partial charge in [0.2, 0.25) is 5.95 Å². The van der Waals surface area contributed by atoms with E-state index in [0.717, 1.165) is 32.2 Å². The summed E-state index contributed by atoms with van der Waals surface area (Å²) in [5, 5.41) is 37.9. The minimum Gasteiger partial charge on any atom is -0.396 e. The number of fused-ring (bicyclic) bond motifs is 1. The third-order valence-corrected chi connectivity index (χ3v) is 6.77. The summed E-state index contributed by atoms with van der Waals surface area (Å²) in [6, 6.07) is 0.161. The number of amides is 1. The zero-order valence-corrected chi connectivity index (χ0v) is 19.6. The number of nitrogens with one attached hydrogen (secondary N) is 3. The van der Waals surface area contributed by atoms with Crippen molar-refractivity contribution in [1.82, 2.24) is 29.9 Å². The minimum absolute atomic E-state index is 0.157. The molecule has 3 aromatic rings. The summed E-state index contributed by atoms with van der Waals surface area (Å²) in [5.74, 6) is 1.03. The number of hydrogen-bond donors (Lipinski definition) is 5. The lowest BCUT2D eigenvalue weighted by Gasteiger charge is -2.27. The molecule has 0 spiro atoms. The van der Waals surface area contributed by atoms with Gasteiger partial charge in [0.25, 0.3) is 5.91 Å². The fraction of sp³-hybridized carbons (Fsp3) is 0.609. The third kappa shape index (κ3) is 4.76. The molecule has 182 valence electrons. The van der Waals surface area contributed by atoms with Gasteiger partial charge in [-0.25, -0.2) is 9.97 Å². The Labute approximate surface area is 197 Å². The molecule has 0 bridgehead atoms. The van der Waals surface area contributed by atoms with Crippen LogP contribution >= 0.6 is 0 Å². The summed E-state index contributed by atoms with van der Waals surface area (Å²) in [6.45, 7) is 4.32. The SMILES string of the molecule is CC(C)(O)c1nn(C2CCC(CO)CC2)cc1NC(=O)c1n[nH]c2cnc(NCC3CC3)nc12. The van der Waals surface area contributed by atoms with Crippen LogP contribution in [-0.2, 0) is 5.60 Å². The van der Waals surface area contributed by atoms with E-state index in [1.165, 1.54) is 12.8 Å². The molecule has 0 atom stereocenters. The third-order valence-electron chi connectivity index (χ3n) is 6.77. The Morgan fingerprint density at radius 1 is 1.21 bits per heavy atom. The monoisotopic (exact) mass is 468 g/mol. The summed E-state index contributed by atoms with van der Waals surface area (Å²) in [5.41, 5.74) is 0.757. The first-order chi connectivity index (χ1) is 16.3. The molecule has 0 aliphatic heterocycles. The minimum atomic E-state index is -1.24. The van der Waals surface area contributed by atoms with E-state index in [-0.39, 0.29) is 18.3 Å². The van der Waals surface area contributed by atoms with E-state index in [4.69, 9.17) is 0 Å². The Morgan fingerprint density at radius 3 is 2.62 bits per heavy atom. The number of hydrogen-bond acceptors (Lipinski definition) is 8. The second-order valence-electron chi connectivity index (χ2n) is 10.1. The normalized spacial score (nSPS) is 21.1. The van der Waals surface area contributed by atoms with E-state index in [1.807, 2.05) is 4.68 Å². The average Bonchev–Trinajstić information content (AvgIpc) is 3.39. The van der Waals surface area contributed by atoms with Crippen molar-refractivity contribution >= 4 is 28.6 Å². The van der Waals surface area contributed by atoms with Crippen LogP contribution in [0.2, 0.25) is 0 Å². The first-order valence-corrected chi connectivity index (χ1v) is 12.0. The van der Waals surface area contributed by atoms with E-state index >= 15 is 0 Å². The second-order valence-corrected chi connectivity index (χ2v) is 10.1. The molecule has 2 fully saturated rings. The number of rotatable bonds is 8. The second kappa shape index (κ2) is 8.95. The zero-order valence-electron chi connectivity index (χ0n) is 19.6. The molecule has 5 rings (SSSR count). The molecule has 2 aliphatic carbocycles. The number of aromatic amines is 1. The van der Waals surface area contributed by atoms with Crippen LogP contribution < -0.4 is 10.6 Å². The quantitative estimate of drug-likeness (QED) is 0.338. The summed E-state index contributed by atoms with van der Waals surface area (Å²) < 4.78 is 1.83. The lowest BCUT2D eigenvalue weighted by Crippen LogP contribution is -2.22. The number of carbonyl (C=O) groups is 1. The van der Waals surface area contributed by atoms with E-state index < -0.39 is 11.5 Å². The number of anilines is 2. The van der Waals surface area contributed by atoms with Gasteiger partial charge in [-0.15, -0.1) is 0 Å². The molecule has 5 N–H and O–H groups in total. The van der Waals surface area contributed by atoms with E-state index in [1.54, 1.807) is 26.2 Å². The van der Waals surface area contributed by atoms with E-state index in [9.17, 15) is 15.0 Å². The van der Waals surface area contributed by atoms with Crippen LogP contribution in [0.3, 0.4) is 0 Å². The van der Waals surface area contributed by atoms with Crippen LogP contribution in [0.5, 0.6) is 0 Å². The lowest BCUT2D eigenvalue weighted by molar-refractivity contribution is 0.0729. The fourth-order valence-electron chi connectivity index (χ4n) is 4.51. The van der Waals surface area contributed by atoms with E-state index in [0.29, 0.717) is 40.2 Å². The number of nitrogens with zero attached hydrogens (tertiary/aromatic N) is 5. The van der Waals surface area contributed by atoms with Crippen molar-refractivity contribution in [3.63, 3.8) is 0 Å². The number of H-pyrrole nitrogens is 1. The van der Waals surface area contributed by atoms with Crippen LogP contribution in [0.4, 0.5) is 11.6 Å². The van der Waals surface area contributed by atoms with Crippen LogP contribution in [0.1, 0.15) is 74.6 Å².